The number of aryl methyl sites for hydroxylation is 1. The van der Waals surface area contributed by atoms with Gasteiger partial charge in [-0.05, 0) is 49.8 Å². The first-order valence-electron chi connectivity index (χ1n) is 11.0. The van der Waals surface area contributed by atoms with Gasteiger partial charge in [0.1, 0.15) is 0 Å². The predicted molar refractivity (Wildman–Crippen MR) is 130 cm³/mol. The van der Waals surface area contributed by atoms with Crippen molar-refractivity contribution >= 4 is 28.7 Å². The average molecular weight is 469 g/mol. The number of hydrogen-bond donors (Lipinski definition) is 1. The molecule has 0 spiro atoms. The summed E-state index contributed by atoms with van der Waals surface area (Å²) in [6, 6.07) is 8.43. The third-order valence-corrected chi connectivity index (χ3v) is 7.47. The Morgan fingerprint density at radius 3 is 2.72 bits per heavy atom. The zero-order valence-corrected chi connectivity index (χ0v) is 20.0. The fourth-order valence-corrected chi connectivity index (χ4v) is 5.85. The Hall–Kier alpha value is -2.33. The smallest absolute Gasteiger partial charge is 0.193 e. The number of pyridine rings is 1. The molecule has 2 unspecified atom stereocenters. The molecule has 2 atom stereocenters. The van der Waals surface area contributed by atoms with Crippen LogP contribution in [0.25, 0.3) is 5.13 Å². The largest absolute Gasteiger partial charge is 0.379 e. The monoisotopic (exact) mass is 468 g/mol. The molecule has 2 saturated heterocycles. The summed E-state index contributed by atoms with van der Waals surface area (Å²) in [4.78, 5) is 14.0. The summed E-state index contributed by atoms with van der Waals surface area (Å²) in [7, 11) is 0. The fraction of sp³-hybridized carbons (Fsp3) is 0.435. The van der Waals surface area contributed by atoms with Gasteiger partial charge in [-0.15, -0.1) is 11.3 Å². The third kappa shape index (κ3) is 4.05. The average Bonchev–Trinajstić information content (AvgIpc) is 3.52. The van der Waals surface area contributed by atoms with Crippen molar-refractivity contribution in [1.82, 2.24) is 29.7 Å². The van der Waals surface area contributed by atoms with Crippen LogP contribution >= 0.6 is 23.6 Å². The number of nitrogens with one attached hydrogen (secondary N) is 1. The van der Waals surface area contributed by atoms with Gasteiger partial charge in [0.25, 0.3) is 0 Å². The van der Waals surface area contributed by atoms with E-state index in [4.69, 9.17) is 17.0 Å². The predicted octanol–water partition coefficient (Wildman–Crippen LogP) is 3.25. The molecule has 0 aliphatic carbocycles. The van der Waals surface area contributed by atoms with E-state index < -0.39 is 0 Å². The van der Waals surface area contributed by atoms with E-state index in [0.29, 0.717) is 0 Å². The molecule has 2 fully saturated rings. The number of rotatable bonds is 6. The lowest BCUT2D eigenvalue weighted by atomic mass is 9.97. The van der Waals surface area contributed by atoms with Gasteiger partial charge in [0.15, 0.2) is 10.2 Å². The molecule has 168 valence electrons. The van der Waals surface area contributed by atoms with E-state index in [1.165, 1.54) is 17.0 Å². The lowest BCUT2D eigenvalue weighted by molar-refractivity contribution is 0.0350. The van der Waals surface area contributed by atoms with Gasteiger partial charge >= 0.3 is 0 Å². The Labute approximate surface area is 198 Å². The summed E-state index contributed by atoms with van der Waals surface area (Å²) in [5.74, 6) is 0. The number of ether oxygens (including phenoxy) is 1. The van der Waals surface area contributed by atoms with Crippen LogP contribution in [0.3, 0.4) is 0 Å². The molecule has 7 nitrogen and oxygen atoms in total. The van der Waals surface area contributed by atoms with Crippen molar-refractivity contribution in [2.45, 2.75) is 25.9 Å². The highest BCUT2D eigenvalue weighted by Gasteiger charge is 2.41. The molecule has 0 bridgehead atoms. The first-order chi connectivity index (χ1) is 15.6. The zero-order valence-electron chi connectivity index (χ0n) is 18.4. The van der Waals surface area contributed by atoms with Crippen molar-refractivity contribution in [1.29, 1.82) is 0 Å². The van der Waals surface area contributed by atoms with Crippen molar-refractivity contribution in [3.8, 4) is 5.13 Å². The van der Waals surface area contributed by atoms with Crippen LogP contribution in [-0.2, 0) is 4.74 Å². The molecule has 0 aromatic carbocycles. The summed E-state index contributed by atoms with van der Waals surface area (Å²) in [6.45, 7) is 9.70. The van der Waals surface area contributed by atoms with Gasteiger partial charge in [0.2, 0.25) is 0 Å². The normalized spacial score (nSPS) is 21.8. The standard InChI is InChI=1S/C23H28N6OS2/c1-16-15-18(17(2)29(16)23-25-7-14-32-23)21-20(19-5-3-4-6-24-19)26-22(31)28(21)9-8-27-10-12-30-13-11-27/h3-7,14-15,20-21H,8-13H2,1-2H3,(H,26,31). The van der Waals surface area contributed by atoms with E-state index >= 15 is 0 Å². The Balaban J connectivity index is 1.51. The SMILES string of the molecule is Cc1cc(C2C(c3ccccn3)NC(=S)N2CCN2CCOCC2)c(C)n1-c1nccs1. The Morgan fingerprint density at radius 2 is 2.00 bits per heavy atom. The van der Waals surface area contributed by atoms with E-state index in [2.05, 4.69) is 55.6 Å². The molecule has 1 N–H and O–H groups in total. The molecule has 5 rings (SSSR count). The molecule has 0 radical (unpaired) electrons. The van der Waals surface area contributed by atoms with Gasteiger partial charge in [0, 0.05) is 55.3 Å². The number of aromatic nitrogens is 3. The third-order valence-electron chi connectivity index (χ3n) is 6.36. The molecule has 2 aliphatic heterocycles. The second kappa shape index (κ2) is 9.27. The van der Waals surface area contributed by atoms with Crippen molar-refractivity contribution in [3.63, 3.8) is 0 Å². The summed E-state index contributed by atoms with van der Waals surface area (Å²) >= 11 is 7.50. The lowest BCUT2D eigenvalue weighted by Crippen LogP contribution is -2.42. The molecular formula is C23H28N6OS2. The maximum absolute atomic E-state index is 5.85. The van der Waals surface area contributed by atoms with Crippen molar-refractivity contribution in [2.75, 3.05) is 39.4 Å². The van der Waals surface area contributed by atoms with E-state index in [0.717, 1.165) is 55.3 Å². The number of nitrogens with zero attached hydrogens (tertiary/aromatic N) is 5. The summed E-state index contributed by atoms with van der Waals surface area (Å²) in [5, 5.41) is 7.38. The number of hydrogen-bond acceptors (Lipinski definition) is 6. The molecule has 5 heterocycles. The minimum absolute atomic E-state index is 0.00126. The summed E-state index contributed by atoms with van der Waals surface area (Å²) < 4.78 is 7.76. The van der Waals surface area contributed by atoms with E-state index in [-0.39, 0.29) is 12.1 Å². The van der Waals surface area contributed by atoms with Crippen LogP contribution in [0.2, 0.25) is 0 Å². The van der Waals surface area contributed by atoms with Gasteiger partial charge < -0.3 is 15.0 Å². The second-order valence-electron chi connectivity index (χ2n) is 8.25. The van der Waals surface area contributed by atoms with Crippen LogP contribution in [-0.4, -0.2) is 68.8 Å². The van der Waals surface area contributed by atoms with Gasteiger partial charge in [0.05, 0.1) is 31.0 Å². The van der Waals surface area contributed by atoms with Crippen LogP contribution in [0.4, 0.5) is 0 Å². The quantitative estimate of drug-likeness (QED) is 0.557. The zero-order chi connectivity index (χ0) is 22.1. The lowest BCUT2D eigenvalue weighted by Gasteiger charge is -2.32. The Bertz CT molecular complexity index is 1060. The molecule has 9 heteroatoms. The minimum atomic E-state index is -0.00126. The highest BCUT2D eigenvalue weighted by molar-refractivity contribution is 7.80. The van der Waals surface area contributed by atoms with Crippen molar-refractivity contribution in [2.24, 2.45) is 0 Å². The fourth-order valence-electron chi connectivity index (χ4n) is 4.77. The van der Waals surface area contributed by atoms with Gasteiger partial charge in [-0.3, -0.25) is 14.5 Å². The van der Waals surface area contributed by atoms with Crippen LogP contribution in [0.5, 0.6) is 0 Å². The van der Waals surface area contributed by atoms with E-state index in [9.17, 15) is 0 Å². The van der Waals surface area contributed by atoms with Crippen LogP contribution in [0, 0.1) is 13.8 Å². The van der Waals surface area contributed by atoms with Crippen molar-refractivity contribution < 1.29 is 4.74 Å². The highest BCUT2D eigenvalue weighted by atomic mass is 32.1. The number of morpholine rings is 1. The van der Waals surface area contributed by atoms with Crippen LogP contribution in [0.1, 0.15) is 34.7 Å². The van der Waals surface area contributed by atoms with Crippen molar-refractivity contribution in [3.05, 3.63) is 64.7 Å². The van der Waals surface area contributed by atoms with Gasteiger partial charge in [-0.1, -0.05) is 6.07 Å². The maximum atomic E-state index is 5.85. The summed E-state index contributed by atoms with van der Waals surface area (Å²) in [5.41, 5.74) is 4.65. The first kappa shape index (κ1) is 21.5. The number of thiazole rings is 1. The minimum Gasteiger partial charge on any atom is -0.379 e. The van der Waals surface area contributed by atoms with Gasteiger partial charge in [-0.2, -0.15) is 0 Å². The molecule has 2 aliphatic rings. The maximum Gasteiger partial charge on any atom is 0.193 e. The first-order valence-corrected chi connectivity index (χ1v) is 12.3. The molecule has 0 saturated carbocycles. The van der Waals surface area contributed by atoms with E-state index in [1.54, 1.807) is 11.3 Å². The molecule has 0 amide bonds. The Kier molecular flexibility index (Phi) is 6.23. The molecule has 32 heavy (non-hydrogen) atoms. The Morgan fingerprint density at radius 1 is 1.16 bits per heavy atom. The molecule has 3 aromatic heterocycles. The van der Waals surface area contributed by atoms with E-state index in [1.807, 2.05) is 29.9 Å². The van der Waals surface area contributed by atoms with Crippen LogP contribution < -0.4 is 5.32 Å². The molecular weight excluding hydrogens is 440 g/mol. The second-order valence-corrected chi connectivity index (χ2v) is 9.51. The highest BCUT2D eigenvalue weighted by Crippen LogP contribution is 2.41. The van der Waals surface area contributed by atoms with Gasteiger partial charge in [-0.25, -0.2) is 4.98 Å². The molecule has 3 aromatic rings. The summed E-state index contributed by atoms with van der Waals surface area (Å²) in [6.07, 6.45) is 3.71. The van der Waals surface area contributed by atoms with Crippen LogP contribution in [0.15, 0.2) is 42.0 Å². The number of thiocarbonyl (C=S) groups is 1. The topological polar surface area (TPSA) is 58.5 Å².